The molecule has 0 spiro atoms. The monoisotopic (exact) mass is 385 g/mol. The minimum absolute atomic E-state index is 0.948. The van der Waals surface area contributed by atoms with Gasteiger partial charge in [0.25, 0.3) is 0 Å². The fourth-order valence-electron chi connectivity index (χ4n) is 4.23. The van der Waals surface area contributed by atoms with Crippen molar-refractivity contribution in [2.45, 2.75) is 65.2 Å². The number of hydrogen-bond acceptors (Lipinski definition) is 2. The quantitative estimate of drug-likeness (QED) is 0.272. The minimum atomic E-state index is 0.948. The predicted octanol–water partition coefficient (Wildman–Crippen LogP) is 8.11. The van der Waals surface area contributed by atoms with Crippen LogP contribution in [0.15, 0.2) is 59.1 Å². The van der Waals surface area contributed by atoms with E-state index in [0.717, 1.165) is 35.3 Å². The molecule has 0 atom stereocenters. The van der Waals surface area contributed by atoms with Crippen molar-refractivity contribution in [3.05, 3.63) is 65.9 Å². The molecule has 2 aromatic heterocycles. The molecule has 2 heteroatoms. The minimum Gasteiger partial charge on any atom is -0.455 e. The lowest BCUT2D eigenvalue weighted by atomic mass is 9.99. The number of benzene rings is 2. The molecule has 29 heavy (non-hydrogen) atoms. The fourth-order valence-corrected chi connectivity index (χ4v) is 4.23. The average Bonchev–Trinajstić information content (AvgIpc) is 3.16. The molecule has 0 aliphatic rings. The molecule has 0 fully saturated rings. The van der Waals surface area contributed by atoms with Crippen LogP contribution in [0.2, 0.25) is 0 Å². The number of pyridine rings is 1. The Kier molecular flexibility index (Phi) is 6.29. The van der Waals surface area contributed by atoms with Gasteiger partial charge >= 0.3 is 0 Å². The molecule has 2 nitrogen and oxygen atoms in total. The number of furan rings is 1. The van der Waals surface area contributed by atoms with E-state index in [1.54, 1.807) is 0 Å². The van der Waals surface area contributed by atoms with Gasteiger partial charge in [0.15, 0.2) is 0 Å². The zero-order chi connectivity index (χ0) is 20.1. The van der Waals surface area contributed by atoms with Gasteiger partial charge in [-0.05, 0) is 48.6 Å². The van der Waals surface area contributed by atoms with Crippen molar-refractivity contribution in [2.24, 2.45) is 0 Å². The standard InChI is InChI=1S/C27H31NO/c1-3-5-6-7-8-9-12-20-15-18-24(28-19-20)22-17-16-21(4-2)26-23-13-10-11-14-25(23)29-27(22)26/h10-11,13-19H,3-9,12H2,1-2H3. The van der Waals surface area contributed by atoms with Crippen LogP contribution in [0.3, 0.4) is 0 Å². The Hall–Kier alpha value is -2.61. The molecule has 4 aromatic rings. The zero-order valence-corrected chi connectivity index (χ0v) is 17.7. The highest BCUT2D eigenvalue weighted by molar-refractivity contribution is 6.11. The first-order chi connectivity index (χ1) is 14.3. The molecule has 0 unspecified atom stereocenters. The highest BCUT2D eigenvalue weighted by Crippen LogP contribution is 2.37. The summed E-state index contributed by atoms with van der Waals surface area (Å²) in [5.41, 5.74) is 6.64. The fraction of sp³-hybridized carbons (Fsp3) is 0.370. The van der Waals surface area contributed by atoms with Crippen molar-refractivity contribution in [3.8, 4) is 11.3 Å². The molecule has 0 saturated heterocycles. The largest absolute Gasteiger partial charge is 0.455 e. The molecule has 0 N–H and O–H groups in total. The van der Waals surface area contributed by atoms with Crippen LogP contribution in [0.1, 0.15) is 63.5 Å². The number of rotatable bonds is 9. The van der Waals surface area contributed by atoms with E-state index in [2.05, 4.69) is 56.3 Å². The summed E-state index contributed by atoms with van der Waals surface area (Å²) >= 11 is 0. The molecular weight excluding hydrogens is 354 g/mol. The van der Waals surface area contributed by atoms with Gasteiger partial charge in [0.05, 0.1) is 5.69 Å². The van der Waals surface area contributed by atoms with E-state index in [1.165, 1.54) is 60.4 Å². The summed E-state index contributed by atoms with van der Waals surface area (Å²) in [4.78, 5) is 4.79. The first-order valence-corrected chi connectivity index (χ1v) is 11.2. The Labute approximate surface area is 174 Å². The van der Waals surface area contributed by atoms with Crippen LogP contribution in [-0.4, -0.2) is 4.98 Å². The van der Waals surface area contributed by atoms with Crippen molar-refractivity contribution in [3.63, 3.8) is 0 Å². The molecule has 0 aliphatic heterocycles. The van der Waals surface area contributed by atoms with Gasteiger partial charge in [-0.2, -0.15) is 0 Å². The Morgan fingerprint density at radius 3 is 2.45 bits per heavy atom. The summed E-state index contributed by atoms with van der Waals surface area (Å²) in [6, 6.07) is 17.1. The molecule has 4 rings (SSSR count). The number of aromatic nitrogens is 1. The summed E-state index contributed by atoms with van der Waals surface area (Å²) in [5.74, 6) is 0. The number of aryl methyl sites for hydroxylation is 2. The highest BCUT2D eigenvalue weighted by atomic mass is 16.3. The normalized spacial score (nSPS) is 11.5. The molecule has 0 saturated carbocycles. The van der Waals surface area contributed by atoms with Crippen LogP contribution < -0.4 is 0 Å². The van der Waals surface area contributed by atoms with E-state index in [0.29, 0.717) is 0 Å². The first kappa shape index (κ1) is 19.7. The third-order valence-electron chi connectivity index (χ3n) is 5.91. The van der Waals surface area contributed by atoms with Gasteiger partial charge in [-0.3, -0.25) is 4.98 Å². The van der Waals surface area contributed by atoms with Crippen LogP contribution >= 0.6 is 0 Å². The topological polar surface area (TPSA) is 26.0 Å². The van der Waals surface area contributed by atoms with Crippen LogP contribution in [0, 0.1) is 0 Å². The predicted molar refractivity (Wildman–Crippen MR) is 123 cm³/mol. The molecule has 0 aliphatic carbocycles. The second-order valence-corrected chi connectivity index (χ2v) is 8.00. The lowest BCUT2D eigenvalue weighted by Gasteiger charge is -2.07. The second-order valence-electron chi connectivity index (χ2n) is 8.00. The first-order valence-electron chi connectivity index (χ1n) is 11.2. The maximum absolute atomic E-state index is 6.28. The third kappa shape index (κ3) is 4.22. The van der Waals surface area contributed by atoms with E-state index in [4.69, 9.17) is 9.40 Å². The molecule has 2 heterocycles. The molecular formula is C27H31NO. The Morgan fingerprint density at radius 1 is 0.828 bits per heavy atom. The Morgan fingerprint density at radius 2 is 1.66 bits per heavy atom. The maximum atomic E-state index is 6.28. The van der Waals surface area contributed by atoms with Crippen LogP contribution in [0.5, 0.6) is 0 Å². The lowest BCUT2D eigenvalue weighted by Crippen LogP contribution is -1.91. The van der Waals surface area contributed by atoms with Crippen molar-refractivity contribution < 1.29 is 4.42 Å². The highest BCUT2D eigenvalue weighted by Gasteiger charge is 2.15. The van der Waals surface area contributed by atoms with Crippen LogP contribution in [0.25, 0.3) is 33.2 Å². The molecule has 0 bridgehead atoms. The SMILES string of the molecule is CCCCCCCCc1ccc(-c2ccc(CC)c3c2oc2ccccc23)nc1. The number of unbranched alkanes of at least 4 members (excludes halogenated alkanes) is 5. The molecule has 2 aromatic carbocycles. The smallest absolute Gasteiger partial charge is 0.145 e. The Balaban J connectivity index is 1.57. The maximum Gasteiger partial charge on any atom is 0.145 e. The van der Waals surface area contributed by atoms with Gasteiger partial charge < -0.3 is 4.42 Å². The zero-order valence-electron chi connectivity index (χ0n) is 17.7. The second kappa shape index (κ2) is 9.26. The summed E-state index contributed by atoms with van der Waals surface area (Å²) in [5, 5.41) is 2.43. The summed E-state index contributed by atoms with van der Waals surface area (Å²) in [6.07, 6.45) is 12.1. The van der Waals surface area contributed by atoms with Crippen molar-refractivity contribution in [2.75, 3.05) is 0 Å². The van der Waals surface area contributed by atoms with Crippen molar-refractivity contribution in [1.82, 2.24) is 4.98 Å². The van der Waals surface area contributed by atoms with E-state index in [9.17, 15) is 0 Å². The van der Waals surface area contributed by atoms with Crippen molar-refractivity contribution >= 4 is 21.9 Å². The van der Waals surface area contributed by atoms with Gasteiger partial charge in [0, 0.05) is 22.5 Å². The van der Waals surface area contributed by atoms with Crippen LogP contribution in [-0.2, 0) is 12.8 Å². The van der Waals surface area contributed by atoms with E-state index in [-0.39, 0.29) is 0 Å². The van der Waals surface area contributed by atoms with Gasteiger partial charge in [-0.1, -0.05) is 76.3 Å². The average molecular weight is 386 g/mol. The number of nitrogens with zero attached hydrogens (tertiary/aromatic N) is 1. The number of para-hydroxylation sites is 1. The van der Waals surface area contributed by atoms with E-state index >= 15 is 0 Å². The van der Waals surface area contributed by atoms with Crippen molar-refractivity contribution in [1.29, 1.82) is 0 Å². The molecule has 0 radical (unpaired) electrons. The van der Waals surface area contributed by atoms with Gasteiger partial charge in [0.2, 0.25) is 0 Å². The number of hydrogen-bond donors (Lipinski definition) is 0. The summed E-state index contributed by atoms with van der Waals surface area (Å²) < 4.78 is 6.28. The van der Waals surface area contributed by atoms with Crippen LogP contribution in [0.4, 0.5) is 0 Å². The summed E-state index contributed by atoms with van der Waals surface area (Å²) in [6.45, 7) is 4.47. The molecule has 0 amide bonds. The van der Waals surface area contributed by atoms with E-state index in [1.807, 2.05) is 12.3 Å². The van der Waals surface area contributed by atoms with Gasteiger partial charge in [-0.25, -0.2) is 0 Å². The molecule has 150 valence electrons. The van der Waals surface area contributed by atoms with Gasteiger partial charge in [-0.15, -0.1) is 0 Å². The summed E-state index contributed by atoms with van der Waals surface area (Å²) in [7, 11) is 0. The third-order valence-corrected chi connectivity index (χ3v) is 5.91. The van der Waals surface area contributed by atoms with E-state index < -0.39 is 0 Å². The Bertz CT molecular complexity index is 1080. The van der Waals surface area contributed by atoms with Gasteiger partial charge in [0.1, 0.15) is 11.2 Å². The number of fused-ring (bicyclic) bond motifs is 3. The lowest BCUT2D eigenvalue weighted by molar-refractivity contribution is 0.607.